The number of carbonyl (C=O) groups excluding carboxylic acids is 1. The van der Waals surface area contributed by atoms with Crippen LogP contribution in [0.2, 0.25) is 0 Å². The summed E-state index contributed by atoms with van der Waals surface area (Å²) >= 11 is 0. The van der Waals surface area contributed by atoms with Crippen molar-refractivity contribution in [2.45, 2.75) is 44.4 Å². The van der Waals surface area contributed by atoms with Crippen molar-refractivity contribution in [2.24, 2.45) is 0 Å². The van der Waals surface area contributed by atoms with Crippen LogP contribution in [0.1, 0.15) is 33.6 Å². The maximum Gasteiger partial charge on any atom is 0.353 e. The quantitative estimate of drug-likeness (QED) is 0.744. The topological polar surface area (TPSA) is 74.7 Å². The van der Waals surface area contributed by atoms with E-state index in [1.165, 1.54) is 4.90 Å². The summed E-state index contributed by atoms with van der Waals surface area (Å²) in [6, 6.07) is -0.0881. The molecule has 0 saturated carbocycles. The molecule has 17 heavy (non-hydrogen) atoms. The van der Waals surface area contributed by atoms with Crippen molar-refractivity contribution < 1.29 is 18.9 Å². The Morgan fingerprint density at radius 2 is 2.00 bits per heavy atom. The molecule has 0 aliphatic carbocycles. The normalized spacial score (nSPS) is 25.7. The van der Waals surface area contributed by atoms with Gasteiger partial charge in [-0.15, -0.1) is 0 Å². The SMILES string of the molecule is CC(C)(C)S(=O)C1=C(C(=O)O)N2C(=O)CC2C1. The Hall–Kier alpha value is -1.17. The number of carboxylic acids is 1. The molecule has 1 amide bonds. The van der Waals surface area contributed by atoms with Gasteiger partial charge in [0.2, 0.25) is 5.91 Å². The van der Waals surface area contributed by atoms with Crippen LogP contribution in [0, 0.1) is 0 Å². The molecule has 0 aromatic rings. The number of amides is 1. The van der Waals surface area contributed by atoms with E-state index in [9.17, 15) is 13.8 Å². The number of aliphatic carboxylic acids is 1. The van der Waals surface area contributed by atoms with E-state index < -0.39 is 21.5 Å². The molecule has 0 aromatic heterocycles. The van der Waals surface area contributed by atoms with Gasteiger partial charge in [0, 0.05) is 17.6 Å². The molecule has 2 aliphatic heterocycles. The Labute approximate surface area is 102 Å². The van der Waals surface area contributed by atoms with Crippen molar-refractivity contribution in [3.05, 3.63) is 10.6 Å². The van der Waals surface area contributed by atoms with Gasteiger partial charge in [-0.25, -0.2) is 4.79 Å². The summed E-state index contributed by atoms with van der Waals surface area (Å²) in [7, 11) is -1.37. The predicted octanol–water partition coefficient (Wildman–Crippen LogP) is 0.834. The van der Waals surface area contributed by atoms with Gasteiger partial charge in [-0.05, 0) is 20.8 Å². The third kappa shape index (κ3) is 1.80. The van der Waals surface area contributed by atoms with E-state index in [-0.39, 0.29) is 17.6 Å². The second-order valence-corrected chi connectivity index (χ2v) is 7.54. The van der Waals surface area contributed by atoms with Crippen LogP contribution >= 0.6 is 0 Å². The largest absolute Gasteiger partial charge is 0.477 e. The van der Waals surface area contributed by atoms with Crippen molar-refractivity contribution in [3.8, 4) is 0 Å². The lowest BCUT2D eigenvalue weighted by Gasteiger charge is -2.34. The standard InChI is InChI=1S/C11H15NO4S/c1-11(2,3)17(16)7-4-6-5-8(13)12(6)9(7)10(14)15/h6H,4-5H2,1-3H3,(H,14,15). The van der Waals surface area contributed by atoms with Gasteiger partial charge in [0.25, 0.3) is 0 Å². The Bertz CT molecular complexity index is 461. The summed E-state index contributed by atoms with van der Waals surface area (Å²) in [5.74, 6) is -1.35. The number of nitrogens with zero attached hydrogens (tertiary/aromatic N) is 1. The monoisotopic (exact) mass is 257 g/mol. The molecule has 0 aromatic carbocycles. The van der Waals surface area contributed by atoms with Gasteiger partial charge in [-0.1, -0.05) is 0 Å². The number of hydrogen-bond acceptors (Lipinski definition) is 3. The maximum absolute atomic E-state index is 12.3. The van der Waals surface area contributed by atoms with E-state index in [2.05, 4.69) is 0 Å². The van der Waals surface area contributed by atoms with Crippen LogP contribution < -0.4 is 0 Å². The molecule has 1 saturated heterocycles. The molecule has 2 aliphatic rings. The summed E-state index contributed by atoms with van der Waals surface area (Å²) in [6.45, 7) is 5.40. The Balaban J connectivity index is 2.43. The summed E-state index contributed by atoms with van der Waals surface area (Å²) in [5, 5.41) is 9.15. The fourth-order valence-electron chi connectivity index (χ4n) is 2.15. The average molecular weight is 257 g/mol. The van der Waals surface area contributed by atoms with E-state index in [0.29, 0.717) is 17.7 Å². The molecule has 2 heterocycles. The van der Waals surface area contributed by atoms with Crippen LogP contribution in [0.5, 0.6) is 0 Å². The number of fused-ring (bicyclic) bond motifs is 1. The number of rotatable bonds is 2. The lowest BCUT2D eigenvalue weighted by Crippen LogP contribution is -2.49. The number of carbonyl (C=O) groups is 2. The van der Waals surface area contributed by atoms with E-state index in [1.54, 1.807) is 20.8 Å². The van der Waals surface area contributed by atoms with Crippen LogP contribution in [0.3, 0.4) is 0 Å². The minimum atomic E-state index is -1.37. The molecule has 1 fully saturated rings. The van der Waals surface area contributed by atoms with Crippen molar-refractivity contribution in [1.82, 2.24) is 4.90 Å². The number of carboxylic acid groups (broad SMARTS) is 1. The molecule has 2 atom stereocenters. The van der Waals surface area contributed by atoms with Crippen molar-refractivity contribution >= 4 is 22.7 Å². The lowest BCUT2D eigenvalue weighted by atomic mass is 10.0. The highest BCUT2D eigenvalue weighted by atomic mass is 32.2. The molecule has 1 N–H and O–H groups in total. The highest BCUT2D eigenvalue weighted by Crippen LogP contribution is 2.41. The molecule has 6 heteroatoms. The van der Waals surface area contributed by atoms with Crippen LogP contribution in [0.15, 0.2) is 10.6 Å². The number of β-lactam (4-membered cyclic amide) rings is 1. The third-order valence-electron chi connectivity index (χ3n) is 2.95. The van der Waals surface area contributed by atoms with E-state index in [4.69, 9.17) is 5.11 Å². The first kappa shape index (κ1) is 12.3. The number of hydrogen-bond donors (Lipinski definition) is 1. The van der Waals surface area contributed by atoms with Crippen molar-refractivity contribution in [1.29, 1.82) is 0 Å². The Kier molecular flexibility index (Phi) is 2.65. The van der Waals surface area contributed by atoms with E-state index >= 15 is 0 Å². The average Bonchev–Trinajstić information content (AvgIpc) is 2.48. The minimum absolute atomic E-state index is 0.0560. The van der Waals surface area contributed by atoms with Gasteiger partial charge in [-0.3, -0.25) is 9.00 Å². The van der Waals surface area contributed by atoms with E-state index in [1.807, 2.05) is 0 Å². The third-order valence-corrected chi connectivity index (χ3v) is 4.87. The summed E-state index contributed by atoms with van der Waals surface area (Å²) < 4.78 is 11.7. The second-order valence-electron chi connectivity index (χ2n) is 5.28. The molecular formula is C11H15NO4S. The fraction of sp³-hybridized carbons (Fsp3) is 0.636. The van der Waals surface area contributed by atoms with Gasteiger partial charge in [0.15, 0.2) is 0 Å². The highest BCUT2D eigenvalue weighted by Gasteiger charge is 2.49. The maximum atomic E-state index is 12.3. The van der Waals surface area contributed by atoms with Crippen LogP contribution in [-0.4, -0.2) is 36.9 Å². The van der Waals surface area contributed by atoms with Crippen molar-refractivity contribution in [2.75, 3.05) is 0 Å². The molecule has 0 spiro atoms. The zero-order chi connectivity index (χ0) is 13.0. The van der Waals surface area contributed by atoms with Gasteiger partial charge < -0.3 is 10.0 Å². The van der Waals surface area contributed by atoms with Gasteiger partial charge >= 0.3 is 5.97 Å². The van der Waals surface area contributed by atoms with Gasteiger partial charge in [0.1, 0.15) is 5.70 Å². The Morgan fingerprint density at radius 1 is 1.41 bits per heavy atom. The molecule has 0 radical (unpaired) electrons. The van der Waals surface area contributed by atoms with Crippen LogP contribution in [0.25, 0.3) is 0 Å². The molecule has 5 nitrogen and oxygen atoms in total. The summed E-state index contributed by atoms with van der Waals surface area (Å²) in [4.78, 5) is 24.2. The van der Waals surface area contributed by atoms with Crippen LogP contribution in [-0.2, 0) is 20.4 Å². The first-order chi connectivity index (χ1) is 7.73. The van der Waals surface area contributed by atoms with Crippen LogP contribution in [0.4, 0.5) is 0 Å². The summed E-state index contributed by atoms with van der Waals surface area (Å²) in [5.41, 5.74) is -0.0560. The highest BCUT2D eigenvalue weighted by molar-refractivity contribution is 7.90. The zero-order valence-electron chi connectivity index (χ0n) is 10.0. The lowest BCUT2D eigenvalue weighted by molar-refractivity contribution is -0.147. The van der Waals surface area contributed by atoms with Crippen molar-refractivity contribution in [3.63, 3.8) is 0 Å². The summed E-state index contributed by atoms with van der Waals surface area (Å²) in [6.07, 6.45) is 0.791. The van der Waals surface area contributed by atoms with E-state index in [0.717, 1.165) is 0 Å². The molecule has 0 bridgehead atoms. The Morgan fingerprint density at radius 3 is 2.41 bits per heavy atom. The molecule has 94 valence electrons. The first-order valence-corrected chi connectivity index (χ1v) is 6.59. The predicted molar refractivity (Wildman–Crippen MR) is 62.4 cm³/mol. The molecule has 2 rings (SSSR count). The van der Waals surface area contributed by atoms with Gasteiger partial charge in [-0.2, -0.15) is 0 Å². The second kappa shape index (κ2) is 3.66. The smallest absolute Gasteiger partial charge is 0.353 e. The molecular weight excluding hydrogens is 242 g/mol. The zero-order valence-corrected chi connectivity index (χ0v) is 10.8. The van der Waals surface area contributed by atoms with Gasteiger partial charge in [0.05, 0.1) is 21.7 Å². The minimum Gasteiger partial charge on any atom is -0.477 e. The molecule has 2 unspecified atom stereocenters. The fourth-order valence-corrected chi connectivity index (χ4v) is 3.60. The first-order valence-electron chi connectivity index (χ1n) is 5.44.